The molecule has 3 aromatic heterocycles. The van der Waals surface area contributed by atoms with E-state index in [0.717, 1.165) is 56.8 Å². The Labute approximate surface area is 202 Å². The molecule has 3 heterocycles. The summed E-state index contributed by atoms with van der Waals surface area (Å²) in [6.45, 7) is 0.551. The summed E-state index contributed by atoms with van der Waals surface area (Å²) in [5, 5.41) is 7.55. The second kappa shape index (κ2) is 8.66. The third-order valence-electron chi connectivity index (χ3n) is 6.21. The number of nitrogens with zero attached hydrogens (tertiary/aromatic N) is 2. The van der Waals surface area contributed by atoms with Gasteiger partial charge in [-0.2, -0.15) is 0 Å². The van der Waals surface area contributed by atoms with E-state index >= 15 is 0 Å². The predicted octanol–water partition coefficient (Wildman–Crippen LogP) is 4.76. The molecule has 1 amide bonds. The van der Waals surface area contributed by atoms with Gasteiger partial charge in [0.25, 0.3) is 0 Å². The highest BCUT2D eigenvalue weighted by Crippen LogP contribution is 2.40. The normalized spacial score (nSPS) is 15.4. The van der Waals surface area contributed by atoms with Crippen molar-refractivity contribution < 1.29 is 4.79 Å². The number of thiazole rings is 1. The molecule has 1 atom stereocenters. The Morgan fingerprint density at radius 1 is 1.12 bits per heavy atom. The van der Waals surface area contributed by atoms with Crippen molar-refractivity contribution in [3.8, 4) is 0 Å². The highest BCUT2D eigenvalue weighted by Gasteiger charge is 2.29. The number of carbonyl (C=O) groups excluding carboxylic acids is 1. The summed E-state index contributed by atoms with van der Waals surface area (Å²) >= 11 is 2.84. The van der Waals surface area contributed by atoms with Gasteiger partial charge in [0.2, 0.25) is 5.91 Å². The van der Waals surface area contributed by atoms with Crippen molar-refractivity contribution in [2.45, 2.75) is 25.8 Å². The van der Waals surface area contributed by atoms with Crippen LogP contribution in [0.4, 0.5) is 11.5 Å². The molecule has 0 fully saturated rings. The Bertz CT molecular complexity index is 1570. The van der Waals surface area contributed by atoms with Crippen LogP contribution in [-0.2, 0) is 24.2 Å². The molecule has 3 N–H and O–H groups in total. The SMILES string of the molecule is O=C(NCc1ccccc1)[C@@H]1CCc2c(sc3ncnc(Nc4ccc5[nH]c(=O)sc5c4)c23)C1. The maximum absolute atomic E-state index is 12.8. The van der Waals surface area contributed by atoms with Gasteiger partial charge in [0, 0.05) is 23.0 Å². The van der Waals surface area contributed by atoms with Gasteiger partial charge in [-0.1, -0.05) is 41.7 Å². The molecule has 1 aliphatic carbocycles. The number of hydrogen-bond donors (Lipinski definition) is 3. The first-order chi connectivity index (χ1) is 16.6. The Kier molecular flexibility index (Phi) is 5.35. The van der Waals surface area contributed by atoms with Crippen molar-refractivity contribution in [1.29, 1.82) is 0 Å². The molecule has 0 aliphatic heterocycles. The van der Waals surface area contributed by atoms with Crippen molar-refractivity contribution in [3.63, 3.8) is 0 Å². The number of hydrogen-bond acceptors (Lipinski definition) is 7. The van der Waals surface area contributed by atoms with E-state index in [4.69, 9.17) is 0 Å². The lowest BCUT2D eigenvalue weighted by Gasteiger charge is -2.22. The Morgan fingerprint density at radius 3 is 2.88 bits per heavy atom. The van der Waals surface area contributed by atoms with Crippen LogP contribution in [0.3, 0.4) is 0 Å². The largest absolute Gasteiger partial charge is 0.352 e. The molecule has 0 spiro atoms. The smallest absolute Gasteiger partial charge is 0.305 e. The molecule has 7 nitrogen and oxygen atoms in total. The fourth-order valence-corrected chi connectivity index (χ4v) is 6.56. The average molecular weight is 488 g/mol. The van der Waals surface area contributed by atoms with Crippen LogP contribution >= 0.6 is 22.7 Å². The number of fused-ring (bicyclic) bond motifs is 4. The van der Waals surface area contributed by atoms with Crippen LogP contribution in [0.5, 0.6) is 0 Å². The zero-order chi connectivity index (χ0) is 23.1. The standard InChI is InChI=1S/C25H21N5O2S2/c31-23(26-12-14-4-2-1-3-5-14)15-6-8-17-19(10-15)33-24-21(17)22(27-13-28-24)29-16-7-9-18-20(11-16)34-25(32)30-18/h1-5,7,9,11,13,15H,6,8,10,12H2,(H,26,31)(H,30,32)(H,27,28,29)/t15-/m1/s1. The van der Waals surface area contributed by atoms with E-state index in [1.165, 1.54) is 21.8 Å². The number of H-pyrrole nitrogens is 1. The molecule has 2 aromatic carbocycles. The lowest BCUT2D eigenvalue weighted by molar-refractivity contribution is -0.125. The van der Waals surface area contributed by atoms with E-state index in [0.29, 0.717) is 6.54 Å². The molecular formula is C25H21N5O2S2. The number of aromatic amines is 1. The molecule has 34 heavy (non-hydrogen) atoms. The molecule has 0 unspecified atom stereocenters. The summed E-state index contributed by atoms with van der Waals surface area (Å²) < 4.78 is 0.900. The van der Waals surface area contributed by atoms with E-state index in [-0.39, 0.29) is 16.7 Å². The number of amides is 1. The topological polar surface area (TPSA) is 99.8 Å². The minimum absolute atomic E-state index is 0.0348. The van der Waals surface area contributed by atoms with Gasteiger partial charge >= 0.3 is 4.87 Å². The van der Waals surface area contributed by atoms with Crippen molar-refractivity contribution in [2.24, 2.45) is 5.92 Å². The van der Waals surface area contributed by atoms with Gasteiger partial charge < -0.3 is 15.6 Å². The fraction of sp³-hybridized carbons (Fsp3) is 0.200. The molecule has 0 saturated carbocycles. The van der Waals surface area contributed by atoms with Crippen molar-refractivity contribution in [1.82, 2.24) is 20.3 Å². The van der Waals surface area contributed by atoms with Gasteiger partial charge in [-0.3, -0.25) is 9.59 Å². The summed E-state index contributed by atoms with van der Waals surface area (Å²) in [6, 6.07) is 15.8. The zero-order valence-corrected chi connectivity index (χ0v) is 19.8. The zero-order valence-electron chi connectivity index (χ0n) is 18.1. The molecule has 6 rings (SSSR count). The summed E-state index contributed by atoms with van der Waals surface area (Å²) in [5.74, 6) is 0.833. The van der Waals surface area contributed by atoms with Gasteiger partial charge in [0.15, 0.2) is 0 Å². The van der Waals surface area contributed by atoms with Gasteiger partial charge in [-0.25, -0.2) is 9.97 Å². The highest BCUT2D eigenvalue weighted by atomic mass is 32.1. The number of aromatic nitrogens is 3. The number of anilines is 2. The molecular weight excluding hydrogens is 466 g/mol. The second-order valence-corrected chi connectivity index (χ2v) is 10.5. The summed E-state index contributed by atoms with van der Waals surface area (Å²) in [7, 11) is 0. The van der Waals surface area contributed by atoms with Gasteiger partial charge in [0.05, 0.1) is 15.6 Å². The van der Waals surface area contributed by atoms with Crippen molar-refractivity contribution in [3.05, 3.63) is 80.5 Å². The summed E-state index contributed by atoms with van der Waals surface area (Å²) in [4.78, 5) is 38.4. The second-order valence-electron chi connectivity index (χ2n) is 8.40. The number of thiophene rings is 1. The quantitative estimate of drug-likeness (QED) is 0.332. The van der Waals surface area contributed by atoms with E-state index in [9.17, 15) is 9.59 Å². The van der Waals surface area contributed by atoms with Crippen LogP contribution in [0, 0.1) is 5.92 Å². The minimum Gasteiger partial charge on any atom is -0.352 e. The molecule has 170 valence electrons. The fourth-order valence-electron chi connectivity index (χ4n) is 4.52. The van der Waals surface area contributed by atoms with Crippen LogP contribution in [-0.4, -0.2) is 20.9 Å². The minimum atomic E-state index is -0.0640. The lowest BCUT2D eigenvalue weighted by Crippen LogP contribution is -2.33. The molecule has 1 aliphatic rings. The number of aryl methyl sites for hydroxylation is 1. The third-order valence-corrected chi connectivity index (χ3v) is 8.22. The summed E-state index contributed by atoms with van der Waals surface area (Å²) in [6.07, 6.45) is 3.92. The summed E-state index contributed by atoms with van der Waals surface area (Å²) in [5.41, 5.74) is 4.04. The number of carbonyl (C=O) groups is 1. The molecule has 5 aromatic rings. The maximum atomic E-state index is 12.8. The number of rotatable bonds is 5. The van der Waals surface area contributed by atoms with E-state index in [1.807, 2.05) is 48.5 Å². The van der Waals surface area contributed by atoms with Crippen LogP contribution in [0.15, 0.2) is 59.7 Å². The third kappa shape index (κ3) is 3.97. The van der Waals surface area contributed by atoms with E-state index < -0.39 is 0 Å². The predicted molar refractivity (Wildman–Crippen MR) is 137 cm³/mol. The van der Waals surface area contributed by atoms with E-state index in [1.54, 1.807) is 17.7 Å². The Balaban J connectivity index is 1.24. The first-order valence-corrected chi connectivity index (χ1v) is 12.7. The van der Waals surface area contributed by atoms with Gasteiger partial charge in [-0.05, 0) is 48.6 Å². The lowest BCUT2D eigenvalue weighted by atomic mass is 9.87. The maximum Gasteiger partial charge on any atom is 0.305 e. The monoisotopic (exact) mass is 487 g/mol. The first kappa shape index (κ1) is 21.0. The van der Waals surface area contributed by atoms with Crippen LogP contribution in [0.1, 0.15) is 22.4 Å². The number of benzene rings is 2. The van der Waals surface area contributed by atoms with E-state index in [2.05, 4.69) is 25.6 Å². The van der Waals surface area contributed by atoms with Crippen molar-refractivity contribution in [2.75, 3.05) is 5.32 Å². The number of nitrogens with one attached hydrogen (secondary N) is 3. The van der Waals surface area contributed by atoms with Crippen LogP contribution in [0.2, 0.25) is 0 Å². The van der Waals surface area contributed by atoms with Crippen LogP contribution < -0.4 is 15.5 Å². The van der Waals surface area contributed by atoms with Crippen LogP contribution in [0.25, 0.3) is 20.4 Å². The average Bonchev–Trinajstić information content (AvgIpc) is 3.42. The Morgan fingerprint density at radius 2 is 2.00 bits per heavy atom. The molecule has 9 heteroatoms. The molecule has 0 bridgehead atoms. The van der Waals surface area contributed by atoms with Crippen molar-refractivity contribution >= 4 is 60.5 Å². The molecule has 0 saturated heterocycles. The molecule has 0 radical (unpaired) electrons. The van der Waals surface area contributed by atoms with Gasteiger partial charge in [-0.15, -0.1) is 11.3 Å². The Hall–Kier alpha value is -3.56. The van der Waals surface area contributed by atoms with Gasteiger partial charge in [0.1, 0.15) is 17.0 Å². The first-order valence-electron chi connectivity index (χ1n) is 11.1. The highest BCUT2D eigenvalue weighted by molar-refractivity contribution is 7.19.